The van der Waals surface area contributed by atoms with Crippen molar-refractivity contribution in [1.82, 2.24) is 5.32 Å². The van der Waals surface area contributed by atoms with Crippen LogP contribution < -0.4 is 10.1 Å². The highest BCUT2D eigenvalue weighted by Gasteiger charge is 2.21. The molecule has 2 aliphatic heterocycles. The Balaban J connectivity index is 1.93. The second-order valence-corrected chi connectivity index (χ2v) is 5.04. The van der Waals surface area contributed by atoms with Crippen molar-refractivity contribution in [3.8, 4) is 5.75 Å². The van der Waals surface area contributed by atoms with E-state index in [0.717, 1.165) is 29.4 Å². The van der Waals surface area contributed by atoms with Crippen LogP contribution in [0.5, 0.6) is 5.75 Å². The van der Waals surface area contributed by atoms with E-state index in [1.165, 1.54) is 18.4 Å². The Morgan fingerprint density at radius 1 is 1.35 bits per heavy atom. The Morgan fingerprint density at radius 3 is 3.12 bits per heavy atom. The fourth-order valence-electron chi connectivity index (χ4n) is 2.54. The Bertz CT molecular complexity index is 416. The summed E-state index contributed by atoms with van der Waals surface area (Å²) in [6.07, 6.45) is 2.41. The lowest BCUT2D eigenvalue weighted by Crippen LogP contribution is -2.28. The lowest BCUT2D eigenvalue weighted by Gasteiger charge is -2.26. The predicted molar refractivity (Wildman–Crippen MR) is 66.6 cm³/mol. The third kappa shape index (κ3) is 2.28. The van der Waals surface area contributed by atoms with Crippen molar-refractivity contribution >= 4 is 11.6 Å². The molecular weight excluding hydrogens is 238 g/mol. The molecule has 92 valence electrons. The Hall–Kier alpha value is -0.770. The first-order chi connectivity index (χ1) is 8.34. The fraction of sp³-hybridized carbons (Fsp3) is 0.538. The molecular formula is C13H16ClNO2. The van der Waals surface area contributed by atoms with Crippen molar-refractivity contribution in [2.45, 2.75) is 25.4 Å². The van der Waals surface area contributed by atoms with Gasteiger partial charge in [0.05, 0.1) is 6.61 Å². The number of piperidine rings is 1. The number of fused-ring (bicyclic) bond motifs is 1. The van der Waals surface area contributed by atoms with Gasteiger partial charge in [-0.05, 0) is 43.0 Å². The van der Waals surface area contributed by atoms with E-state index in [0.29, 0.717) is 19.3 Å². The number of rotatable bonds is 1. The second-order valence-electron chi connectivity index (χ2n) is 4.64. The molecule has 2 heterocycles. The Labute approximate surface area is 106 Å². The predicted octanol–water partition coefficient (Wildman–Crippen LogP) is 2.67. The minimum Gasteiger partial charge on any atom is -0.467 e. The Morgan fingerprint density at radius 2 is 2.29 bits per heavy atom. The minimum atomic E-state index is 0.344. The minimum absolute atomic E-state index is 0.344. The first-order valence-corrected chi connectivity index (χ1v) is 6.46. The van der Waals surface area contributed by atoms with Gasteiger partial charge in [-0.1, -0.05) is 11.6 Å². The van der Waals surface area contributed by atoms with Crippen LogP contribution in [-0.2, 0) is 11.3 Å². The summed E-state index contributed by atoms with van der Waals surface area (Å²) < 4.78 is 10.8. The summed E-state index contributed by atoms with van der Waals surface area (Å²) in [7, 11) is 0. The van der Waals surface area contributed by atoms with Crippen molar-refractivity contribution in [3.05, 3.63) is 28.3 Å². The molecule has 0 amide bonds. The standard InChI is InChI=1S/C13H16ClNO2/c14-12-4-10-7-16-8-17-13(10)5-11(12)9-2-1-3-15-6-9/h4-5,9,15H,1-3,6-8H2. The molecule has 0 aromatic heterocycles. The van der Waals surface area contributed by atoms with Crippen LogP contribution >= 0.6 is 11.6 Å². The van der Waals surface area contributed by atoms with E-state index in [1.807, 2.05) is 6.07 Å². The van der Waals surface area contributed by atoms with Gasteiger partial charge in [0.1, 0.15) is 5.75 Å². The third-order valence-electron chi connectivity index (χ3n) is 3.47. The van der Waals surface area contributed by atoms with E-state index in [9.17, 15) is 0 Å². The molecule has 0 spiro atoms. The van der Waals surface area contributed by atoms with E-state index in [4.69, 9.17) is 21.1 Å². The first kappa shape index (κ1) is 11.3. The summed E-state index contributed by atoms with van der Waals surface area (Å²) in [6.45, 7) is 3.06. The zero-order valence-corrected chi connectivity index (χ0v) is 10.4. The van der Waals surface area contributed by atoms with Crippen molar-refractivity contribution < 1.29 is 9.47 Å². The number of ether oxygens (including phenoxy) is 2. The molecule has 17 heavy (non-hydrogen) atoms. The molecule has 0 saturated carbocycles. The molecule has 1 aromatic rings. The van der Waals surface area contributed by atoms with Crippen molar-refractivity contribution in [1.29, 1.82) is 0 Å². The van der Waals surface area contributed by atoms with Crippen molar-refractivity contribution in [2.75, 3.05) is 19.9 Å². The summed E-state index contributed by atoms with van der Waals surface area (Å²) in [5, 5.41) is 4.26. The monoisotopic (exact) mass is 253 g/mol. The van der Waals surface area contributed by atoms with Crippen LogP contribution in [0.2, 0.25) is 5.02 Å². The van der Waals surface area contributed by atoms with Crippen LogP contribution in [0, 0.1) is 0 Å². The van der Waals surface area contributed by atoms with Crippen molar-refractivity contribution in [2.24, 2.45) is 0 Å². The molecule has 4 heteroatoms. The van der Waals surface area contributed by atoms with E-state index in [1.54, 1.807) is 0 Å². The summed E-state index contributed by atoms with van der Waals surface area (Å²) in [5.41, 5.74) is 2.26. The number of halogens is 1. The topological polar surface area (TPSA) is 30.5 Å². The van der Waals surface area contributed by atoms with Gasteiger partial charge in [0.25, 0.3) is 0 Å². The molecule has 1 saturated heterocycles. The fourth-order valence-corrected chi connectivity index (χ4v) is 2.88. The lowest BCUT2D eigenvalue weighted by atomic mass is 9.90. The number of hydrogen-bond donors (Lipinski definition) is 1. The second kappa shape index (κ2) is 4.84. The van der Waals surface area contributed by atoms with Crippen LogP contribution in [0.15, 0.2) is 12.1 Å². The van der Waals surface area contributed by atoms with E-state index >= 15 is 0 Å². The molecule has 1 aromatic carbocycles. The molecule has 0 radical (unpaired) electrons. The molecule has 3 rings (SSSR count). The molecule has 0 aliphatic carbocycles. The van der Waals surface area contributed by atoms with Gasteiger partial charge in [-0.15, -0.1) is 0 Å². The van der Waals surface area contributed by atoms with Gasteiger partial charge in [-0.25, -0.2) is 0 Å². The quantitative estimate of drug-likeness (QED) is 0.835. The van der Waals surface area contributed by atoms with E-state index in [-0.39, 0.29) is 0 Å². The van der Waals surface area contributed by atoms with Crippen molar-refractivity contribution in [3.63, 3.8) is 0 Å². The number of benzene rings is 1. The Kier molecular flexibility index (Phi) is 3.23. The van der Waals surface area contributed by atoms with E-state index in [2.05, 4.69) is 11.4 Å². The van der Waals surface area contributed by atoms with Crippen LogP contribution in [-0.4, -0.2) is 19.9 Å². The highest BCUT2D eigenvalue weighted by molar-refractivity contribution is 6.31. The van der Waals surface area contributed by atoms with Crippen LogP contribution in [0.25, 0.3) is 0 Å². The third-order valence-corrected chi connectivity index (χ3v) is 3.80. The summed E-state index contributed by atoms with van der Waals surface area (Å²) in [6, 6.07) is 4.08. The summed E-state index contributed by atoms with van der Waals surface area (Å²) >= 11 is 6.36. The van der Waals surface area contributed by atoms with Gasteiger partial charge in [0.15, 0.2) is 6.79 Å². The van der Waals surface area contributed by atoms with Gasteiger partial charge in [-0.3, -0.25) is 0 Å². The maximum Gasteiger partial charge on any atom is 0.189 e. The average Bonchev–Trinajstić information content (AvgIpc) is 2.39. The van der Waals surface area contributed by atoms with E-state index < -0.39 is 0 Å². The molecule has 2 aliphatic rings. The number of hydrogen-bond acceptors (Lipinski definition) is 3. The first-order valence-electron chi connectivity index (χ1n) is 6.08. The molecule has 1 N–H and O–H groups in total. The molecule has 0 bridgehead atoms. The molecule has 1 atom stereocenters. The molecule has 1 fully saturated rings. The molecule has 3 nitrogen and oxygen atoms in total. The van der Waals surface area contributed by atoms with Crippen LogP contribution in [0.4, 0.5) is 0 Å². The van der Waals surface area contributed by atoms with Gasteiger partial charge >= 0.3 is 0 Å². The van der Waals surface area contributed by atoms with Gasteiger partial charge in [0.2, 0.25) is 0 Å². The zero-order valence-electron chi connectivity index (χ0n) is 9.67. The van der Waals surface area contributed by atoms with Crippen LogP contribution in [0.1, 0.15) is 29.9 Å². The summed E-state index contributed by atoms with van der Waals surface area (Å²) in [5.74, 6) is 1.44. The van der Waals surface area contributed by atoms with Crippen LogP contribution in [0.3, 0.4) is 0 Å². The summed E-state index contributed by atoms with van der Waals surface area (Å²) in [4.78, 5) is 0. The van der Waals surface area contributed by atoms with Gasteiger partial charge in [0, 0.05) is 17.1 Å². The zero-order chi connectivity index (χ0) is 11.7. The number of nitrogens with one attached hydrogen (secondary N) is 1. The average molecular weight is 254 g/mol. The molecule has 1 unspecified atom stereocenters. The smallest absolute Gasteiger partial charge is 0.189 e. The normalized spacial score (nSPS) is 23.9. The lowest BCUT2D eigenvalue weighted by molar-refractivity contribution is -0.0164. The maximum absolute atomic E-state index is 6.36. The highest BCUT2D eigenvalue weighted by Crippen LogP contribution is 2.36. The van der Waals surface area contributed by atoms with Gasteiger partial charge in [-0.2, -0.15) is 0 Å². The SMILES string of the molecule is Clc1cc2c(cc1C1CCCNC1)OCOC2. The maximum atomic E-state index is 6.36. The largest absolute Gasteiger partial charge is 0.467 e. The van der Waals surface area contributed by atoms with Gasteiger partial charge < -0.3 is 14.8 Å². The highest BCUT2D eigenvalue weighted by atomic mass is 35.5.